The number of hydrogen-bond donors (Lipinski definition) is 1. The highest BCUT2D eigenvalue weighted by atomic mass is 15.1. The van der Waals surface area contributed by atoms with Crippen LogP contribution in [0, 0.1) is 0 Å². The van der Waals surface area contributed by atoms with Gasteiger partial charge in [-0.15, -0.1) is 0 Å². The van der Waals surface area contributed by atoms with Crippen molar-refractivity contribution in [2.24, 2.45) is 0 Å². The van der Waals surface area contributed by atoms with Crippen LogP contribution in [-0.2, 0) is 5.41 Å². The Morgan fingerprint density at radius 3 is 2.40 bits per heavy atom. The predicted octanol–water partition coefficient (Wildman–Crippen LogP) is 3.91. The van der Waals surface area contributed by atoms with Crippen LogP contribution in [0.5, 0.6) is 0 Å². The lowest BCUT2D eigenvalue weighted by Gasteiger charge is -2.27. The Balaban J connectivity index is 2.91. The van der Waals surface area contributed by atoms with Gasteiger partial charge in [0.2, 0.25) is 0 Å². The fourth-order valence-electron chi connectivity index (χ4n) is 2.25. The molecule has 0 bridgehead atoms. The van der Waals surface area contributed by atoms with Gasteiger partial charge in [0.25, 0.3) is 0 Å². The molecule has 0 aliphatic rings. The van der Waals surface area contributed by atoms with Crippen LogP contribution in [0.1, 0.15) is 57.8 Å². The number of H-pyrrole nitrogens is 1. The van der Waals surface area contributed by atoms with Crippen molar-refractivity contribution >= 4 is 6.08 Å². The zero-order valence-corrected chi connectivity index (χ0v) is 10.1. The zero-order valence-electron chi connectivity index (χ0n) is 10.1. The summed E-state index contributed by atoms with van der Waals surface area (Å²) < 4.78 is 0. The molecule has 15 heavy (non-hydrogen) atoms. The van der Waals surface area contributed by atoms with Crippen LogP contribution in [0.2, 0.25) is 0 Å². The van der Waals surface area contributed by atoms with E-state index in [0.717, 1.165) is 5.69 Å². The van der Waals surface area contributed by atoms with Gasteiger partial charge in [0.05, 0.1) is 5.69 Å². The minimum atomic E-state index is 0.248. The molecular formula is C13H22N2. The van der Waals surface area contributed by atoms with Gasteiger partial charge in [0.1, 0.15) is 0 Å². The van der Waals surface area contributed by atoms with Crippen LogP contribution in [-0.4, -0.2) is 10.2 Å². The number of nitrogens with one attached hydrogen (secondary N) is 1. The Bertz CT molecular complexity index is 306. The van der Waals surface area contributed by atoms with Crippen LogP contribution in [0.25, 0.3) is 6.08 Å². The summed E-state index contributed by atoms with van der Waals surface area (Å²) >= 11 is 0. The van der Waals surface area contributed by atoms with Gasteiger partial charge in [-0.3, -0.25) is 5.10 Å². The monoisotopic (exact) mass is 206 g/mol. The van der Waals surface area contributed by atoms with Gasteiger partial charge in [0.15, 0.2) is 0 Å². The minimum Gasteiger partial charge on any atom is -0.281 e. The highest BCUT2D eigenvalue weighted by Crippen LogP contribution is 2.32. The van der Waals surface area contributed by atoms with E-state index in [1.54, 1.807) is 6.08 Å². The third-order valence-electron chi connectivity index (χ3n) is 3.06. The molecule has 2 heteroatoms. The molecule has 1 rings (SSSR count). The molecule has 0 radical (unpaired) electrons. The second-order valence-corrected chi connectivity index (χ2v) is 4.47. The molecule has 0 aromatic carbocycles. The average Bonchev–Trinajstić information content (AvgIpc) is 2.67. The second kappa shape index (κ2) is 5.15. The molecule has 1 N–H and O–H groups in total. The van der Waals surface area contributed by atoms with Crippen molar-refractivity contribution in [3.8, 4) is 0 Å². The number of nitrogens with zero attached hydrogens (tertiary/aromatic N) is 1. The summed E-state index contributed by atoms with van der Waals surface area (Å²) in [4.78, 5) is 0. The first-order valence-electron chi connectivity index (χ1n) is 5.84. The van der Waals surface area contributed by atoms with E-state index in [9.17, 15) is 0 Å². The van der Waals surface area contributed by atoms with Gasteiger partial charge in [-0.05, 0) is 25.0 Å². The van der Waals surface area contributed by atoms with Crippen molar-refractivity contribution in [1.29, 1.82) is 0 Å². The lowest BCUT2D eigenvalue weighted by atomic mass is 9.78. The maximum absolute atomic E-state index is 4.22. The Hall–Kier alpha value is -1.05. The smallest absolute Gasteiger partial charge is 0.0845 e. The molecule has 0 unspecified atom stereocenters. The molecular weight excluding hydrogens is 184 g/mol. The molecule has 0 atom stereocenters. The fourth-order valence-corrected chi connectivity index (χ4v) is 2.25. The average molecular weight is 206 g/mol. The molecule has 1 aromatic heterocycles. The summed E-state index contributed by atoms with van der Waals surface area (Å²) in [5.74, 6) is 0. The summed E-state index contributed by atoms with van der Waals surface area (Å²) in [5.41, 5.74) is 2.45. The van der Waals surface area contributed by atoms with E-state index in [1.165, 1.54) is 31.4 Å². The Labute approximate surface area is 92.8 Å². The quantitative estimate of drug-likeness (QED) is 0.751. The molecule has 0 aliphatic carbocycles. The molecule has 0 amide bonds. The fraction of sp³-hybridized carbons (Fsp3) is 0.615. The van der Waals surface area contributed by atoms with Gasteiger partial charge >= 0.3 is 0 Å². The SMILES string of the molecule is C=Cc1cc(C(C)(CCC)CCC)[nH]n1. The Morgan fingerprint density at radius 1 is 1.40 bits per heavy atom. The van der Waals surface area contributed by atoms with E-state index < -0.39 is 0 Å². The van der Waals surface area contributed by atoms with Crippen molar-refractivity contribution in [2.45, 2.75) is 51.9 Å². The third kappa shape index (κ3) is 2.71. The summed E-state index contributed by atoms with van der Waals surface area (Å²) in [7, 11) is 0. The molecule has 0 fully saturated rings. The number of aromatic amines is 1. The molecule has 2 nitrogen and oxygen atoms in total. The Morgan fingerprint density at radius 2 is 2.00 bits per heavy atom. The van der Waals surface area contributed by atoms with Crippen molar-refractivity contribution in [3.05, 3.63) is 24.0 Å². The van der Waals surface area contributed by atoms with E-state index in [1.807, 2.05) is 0 Å². The zero-order chi connectivity index (χ0) is 11.3. The van der Waals surface area contributed by atoms with Crippen molar-refractivity contribution < 1.29 is 0 Å². The molecule has 0 spiro atoms. The minimum absolute atomic E-state index is 0.248. The van der Waals surface area contributed by atoms with Gasteiger partial charge < -0.3 is 0 Å². The number of aromatic nitrogens is 2. The topological polar surface area (TPSA) is 28.7 Å². The summed E-state index contributed by atoms with van der Waals surface area (Å²) in [6.45, 7) is 10.5. The number of rotatable bonds is 6. The van der Waals surface area contributed by atoms with Gasteiger partial charge in [0, 0.05) is 11.1 Å². The third-order valence-corrected chi connectivity index (χ3v) is 3.06. The van der Waals surface area contributed by atoms with Crippen LogP contribution in [0.4, 0.5) is 0 Å². The van der Waals surface area contributed by atoms with Gasteiger partial charge in [-0.25, -0.2) is 0 Å². The molecule has 1 aromatic rings. The van der Waals surface area contributed by atoms with Crippen LogP contribution >= 0.6 is 0 Å². The first kappa shape index (κ1) is 12.0. The second-order valence-electron chi connectivity index (χ2n) is 4.47. The van der Waals surface area contributed by atoms with Crippen LogP contribution in [0.3, 0.4) is 0 Å². The lowest BCUT2D eigenvalue weighted by Crippen LogP contribution is -2.22. The first-order valence-corrected chi connectivity index (χ1v) is 5.84. The summed E-state index contributed by atoms with van der Waals surface area (Å²) in [6, 6.07) is 2.12. The highest BCUT2D eigenvalue weighted by molar-refractivity contribution is 5.42. The maximum atomic E-state index is 4.22. The van der Waals surface area contributed by atoms with E-state index >= 15 is 0 Å². The first-order chi connectivity index (χ1) is 7.16. The van der Waals surface area contributed by atoms with Gasteiger partial charge in [-0.1, -0.05) is 40.2 Å². The van der Waals surface area contributed by atoms with E-state index in [4.69, 9.17) is 0 Å². The standard InChI is InChI=1S/C13H22N2/c1-5-8-13(4,9-6-2)12-10-11(7-3)14-15-12/h7,10H,3,5-6,8-9H2,1-2,4H3,(H,14,15). The molecule has 0 saturated carbocycles. The number of hydrogen-bond acceptors (Lipinski definition) is 1. The largest absolute Gasteiger partial charge is 0.281 e. The van der Waals surface area contributed by atoms with E-state index in [-0.39, 0.29) is 5.41 Å². The summed E-state index contributed by atoms with van der Waals surface area (Å²) in [5, 5.41) is 7.37. The molecule has 84 valence electrons. The summed E-state index contributed by atoms with van der Waals surface area (Å²) in [6.07, 6.45) is 6.62. The van der Waals surface area contributed by atoms with Gasteiger partial charge in [-0.2, -0.15) is 5.10 Å². The van der Waals surface area contributed by atoms with Crippen molar-refractivity contribution in [2.75, 3.05) is 0 Å². The van der Waals surface area contributed by atoms with E-state index in [0.29, 0.717) is 0 Å². The molecule has 0 aliphatic heterocycles. The van der Waals surface area contributed by atoms with Crippen molar-refractivity contribution in [1.82, 2.24) is 10.2 Å². The lowest BCUT2D eigenvalue weighted by molar-refractivity contribution is 0.381. The predicted molar refractivity (Wildman–Crippen MR) is 65.8 cm³/mol. The normalized spacial score (nSPS) is 11.7. The molecule has 0 saturated heterocycles. The molecule has 1 heterocycles. The van der Waals surface area contributed by atoms with Crippen molar-refractivity contribution in [3.63, 3.8) is 0 Å². The highest BCUT2D eigenvalue weighted by Gasteiger charge is 2.26. The van der Waals surface area contributed by atoms with Crippen LogP contribution in [0.15, 0.2) is 12.6 Å². The maximum Gasteiger partial charge on any atom is 0.0845 e. The Kier molecular flexibility index (Phi) is 4.13. The van der Waals surface area contributed by atoms with E-state index in [2.05, 4.69) is 43.6 Å². The van der Waals surface area contributed by atoms with Crippen LogP contribution < -0.4 is 0 Å².